The molecule has 0 atom stereocenters. The first kappa shape index (κ1) is 8.03. The van der Waals surface area contributed by atoms with Crippen molar-refractivity contribution in [3.63, 3.8) is 0 Å². The Bertz CT molecular complexity index is 358. The Morgan fingerprint density at radius 1 is 1.55 bits per heavy atom. The van der Waals surface area contributed by atoms with Crippen molar-refractivity contribution in [2.45, 2.75) is 4.90 Å². The summed E-state index contributed by atoms with van der Waals surface area (Å²) in [6.45, 7) is 0. The highest BCUT2D eigenvalue weighted by atomic mass is 32.2. The van der Waals surface area contributed by atoms with Crippen molar-refractivity contribution in [3.05, 3.63) is 24.3 Å². The zero-order valence-corrected chi connectivity index (χ0v) is 6.30. The summed E-state index contributed by atoms with van der Waals surface area (Å²) in [5.41, 5.74) is 5.23. The van der Waals surface area contributed by atoms with Crippen LogP contribution in [0.3, 0.4) is 0 Å². The van der Waals surface area contributed by atoms with Crippen LogP contribution < -0.4 is 5.73 Å². The summed E-state index contributed by atoms with van der Waals surface area (Å²) in [5.74, 6) is 0. The molecule has 1 aromatic rings. The zero-order valence-electron chi connectivity index (χ0n) is 5.48. The van der Waals surface area contributed by atoms with E-state index in [2.05, 4.69) is 6.07 Å². The van der Waals surface area contributed by atoms with Crippen LogP contribution in [0.15, 0.2) is 23.1 Å². The summed E-state index contributed by atoms with van der Waals surface area (Å²) in [6, 6.07) is 6.58. The number of hydrogen-bond donors (Lipinski definition) is 2. The van der Waals surface area contributed by atoms with Crippen molar-refractivity contribution in [2.24, 2.45) is 0 Å². The van der Waals surface area contributed by atoms with Gasteiger partial charge in [0.2, 0.25) is 0 Å². The van der Waals surface area contributed by atoms with E-state index in [9.17, 15) is 8.42 Å². The summed E-state index contributed by atoms with van der Waals surface area (Å²) in [4.78, 5) is -0.375. The maximum Gasteiger partial charge on any atom is 0.297 e. The smallest absolute Gasteiger partial charge is 0.297 e. The van der Waals surface area contributed by atoms with Crippen molar-refractivity contribution < 1.29 is 13.0 Å². The van der Waals surface area contributed by atoms with Crippen LogP contribution in [0.1, 0.15) is 0 Å². The van der Waals surface area contributed by atoms with Crippen molar-refractivity contribution in [3.8, 4) is 0 Å². The van der Waals surface area contributed by atoms with Gasteiger partial charge in [0.05, 0.1) is 5.69 Å². The number of rotatable bonds is 1. The van der Waals surface area contributed by atoms with Crippen molar-refractivity contribution in [1.29, 1.82) is 0 Å². The van der Waals surface area contributed by atoms with Gasteiger partial charge in [-0.15, -0.1) is 0 Å². The van der Waals surface area contributed by atoms with Gasteiger partial charge in [0, 0.05) is 6.07 Å². The van der Waals surface area contributed by atoms with E-state index in [1.54, 1.807) is 0 Å². The van der Waals surface area contributed by atoms with E-state index in [0.29, 0.717) is 0 Å². The van der Waals surface area contributed by atoms with E-state index in [1.807, 2.05) is 0 Å². The summed E-state index contributed by atoms with van der Waals surface area (Å²) in [7, 11) is -4.21. The number of anilines is 1. The SMILES string of the molecule is Nc1ccc[c]c1S(=O)(=O)O. The number of benzene rings is 1. The maximum atomic E-state index is 10.5. The quantitative estimate of drug-likeness (QED) is 0.472. The molecule has 0 fully saturated rings. The largest absolute Gasteiger partial charge is 0.398 e. The third-order valence-electron chi connectivity index (χ3n) is 1.11. The highest BCUT2D eigenvalue weighted by Crippen LogP contribution is 2.15. The lowest BCUT2D eigenvalue weighted by Gasteiger charge is -1.98. The minimum atomic E-state index is -4.21. The Morgan fingerprint density at radius 2 is 2.18 bits per heavy atom. The first-order valence-electron chi connectivity index (χ1n) is 2.75. The van der Waals surface area contributed by atoms with Crippen LogP contribution in [0.2, 0.25) is 0 Å². The first-order valence-corrected chi connectivity index (χ1v) is 4.19. The third kappa shape index (κ3) is 1.69. The van der Waals surface area contributed by atoms with Gasteiger partial charge in [-0.05, 0) is 6.07 Å². The fourth-order valence-electron chi connectivity index (χ4n) is 0.658. The molecule has 0 bridgehead atoms. The second-order valence-corrected chi connectivity index (χ2v) is 3.29. The lowest BCUT2D eigenvalue weighted by molar-refractivity contribution is 0.483. The summed E-state index contributed by atoms with van der Waals surface area (Å²) < 4.78 is 29.5. The predicted molar refractivity (Wildman–Crippen MR) is 39.5 cm³/mol. The molecule has 1 aromatic carbocycles. The van der Waals surface area contributed by atoms with Gasteiger partial charge in [-0.2, -0.15) is 8.42 Å². The van der Waals surface area contributed by atoms with Gasteiger partial charge in [0.1, 0.15) is 4.90 Å². The second kappa shape index (κ2) is 2.52. The van der Waals surface area contributed by atoms with Crippen LogP contribution in [0.5, 0.6) is 0 Å². The molecule has 0 heterocycles. The van der Waals surface area contributed by atoms with E-state index in [-0.39, 0.29) is 10.6 Å². The van der Waals surface area contributed by atoms with Crippen LogP contribution in [0, 0.1) is 6.07 Å². The van der Waals surface area contributed by atoms with E-state index >= 15 is 0 Å². The molecule has 0 saturated heterocycles. The topological polar surface area (TPSA) is 80.4 Å². The summed E-state index contributed by atoms with van der Waals surface area (Å²) in [5, 5.41) is 0. The monoisotopic (exact) mass is 172 g/mol. The minimum absolute atomic E-state index is 0.00463. The fraction of sp³-hybridized carbons (Fsp3) is 0. The lowest BCUT2D eigenvalue weighted by atomic mass is 10.3. The Hall–Kier alpha value is -1.07. The number of nitrogen functional groups attached to an aromatic ring is 1. The highest BCUT2D eigenvalue weighted by molar-refractivity contribution is 7.86. The molecule has 59 valence electrons. The second-order valence-electron chi connectivity index (χ2n) is 1.93. The molecule has 4 nitrogen and oxygen atoms in total. The van der Waals surface area contributed by atoms with Crippen molar-refractivity contribution >= 4 is 15.8 Å². The molecule has 0 aliphatic carbocycles. The molecule has 0 aliphatic rings. The standard InChI is InChI=1S/C6H6NO3S/c7-5-3-1-2-4-6(5)11(8,9)10/h1-3H,7H2,(H,8,9,10). The van der Waals surface area contributed by atoms with Crippen LogP contribution in [-0.4, -0.2) is 13.0 Å². The van der Waals surface area contributed by atoms with Gasteiger partial charge in [-0.25, -0.2) is 0 Å². The van der Waals surface area contributed by atoms with Crippen LogP contribution in [0.25, 0.3) is 0 Å². The molecular formula is C6H6NO3S. The van der Waals surface area contributed by atoms with E-state index in [0.717, 1.165) is 0 Å². The molecule has 5 heteroatoms. The highest BCUT2D eigenvalue weighted by Gasteiger charge is 2.11. The molecule has 0 aliphatic heterocycles. The molecule has 11 heavy (non-hydrogen) atoms. The average molecular weight is 172 g/mol. The number of nitrogens with two attached hydrogens (primary N) is 1. The van der Waals surface area contributed by atoms with Gasteiger partial charge < -0.3 is 5.73 Å². The van der Waals surface area contributed by atoms with Crippen LogP contribution >= 0.6 is 0 Å². The molecule has 3 N–H and O–H groups in total. The van der Waals surface area contributed by atoms with Gasteiger partial charge in [-0.1, -0.05) is 12.1 Å². The first-order chi connectivity index (χ1) is 5.02. The van der Waals surface area contributed by atoms with E-state index in [4.69, 9.17) is 10.3 Å². The molecule has 0 aromatic heterocycles. The van der Waals surface area contributed by atoms with E-state index in [1.165, 1.54) is 18.2 Å². The van der Waals surface area contributed by atoms with Gasteiger partial charge in [0.15, 0.2) is 0 Å². The fourth-order valence-corrected chi connectivity index (χ4v) is 1.24. The number of hydrogen-bond acceptors (Lipinski definition) is 3. The van der Waals surface area contributed by atoms with Gasteiger partial charge in [-0.3, -0.25) is 4.55 Å². The van der Waals surface area contributed by atoms with E-state index < -0.39 is 10.1 Å². The average Bonchev–Trinajstić information content (AvgIpc) is 1.86. The molecule has 0 saturated carbocycles. The molecule has 1 radical (unpaired) electrons. The minimum Gasteiger partial charge on any atom is -0.398 e. The molecule has 0 amide bonds. The molecule has 0 spiro atoms. The third-order valence-corrected chi connectivity index (χ3v) is 1.98. The Kier molecular flexibility index (Phi) is 1.84. The normalized spacial score (nSPS) is 11.4. The molecular weight excluding hydrogens is 166 g/mol. The van der Waals surface area contributed by atoms with Crippen molar-refractivity contribution in [1.82, 2.24) is 0 Å². The van der Waals surface area contributed by atoms with Crippen LogP contribution in [0.4, 0.5) is 5.69 Å². The van der Waals surface area contributed by atoms with Crippen LogP contribution in [-0.2, 0) is 10.1 Å². The lowest BCUT2D eigenvalue weighted by Crippen LogP contribution is -2.02. The molecule has 0 unspecified atom stereocenters. The maximum absolute atomic E-state index is 10.5. The summed E-state index contributed by atoms with van der Waals surface area (Å²) >= 11 is 0. The zero-order chi connectivity index (χ0) is 8.48. The summed E-state index contributed by atoms with van der Waals surface area (Å²) in [6.07, 6.45) is 0. The Morgan fingerprint density at radius 3 is 2.55 bits per heavy atom. The van der Waals surface area contributed by atoms with Gasteiger partial charge >= 0.3 is 0 Å². The van der Waals surface area contributed by atoms with Gasteiger partial charge in [0.25, 0.3) is 10.1 Å². The van der Waals surface area contributed by atoms with Crippen molar-refractivity contribution in [2.75, 3.05) is 5.73 Å². The predicted octanol–water partition coefficient (Wildman–Crippen LogP) is 0.316. The Balaban J connectivity index is 3.37. The Labute approximate surface area is 64.4 Å². The molecule has 1 rings (SSSR count).